The van der Waals surface area contributed by atoms with Crippen molar-refractivity contribution in [3.05, 3.63) is 69.0 Å². The van der Waals surface area contributed by atoms with Crippen molar-refractivity contribution in [2.75, 3.05) is 0 Å². The molecule has 0 spiro atoms. The smallest absolute Gasteiger partial charge is 0.355 e. The summed E-state index contributed by atoms with van der Waals surface area (Å²) < 4.78 is 12.2. The van der Waals surface area contributed by atoms with E-state index in [0.29, 0.717) is 11.1 Å². The van der Waals surface area contributed by atoms with E-state index in [1.807, 2.05) is 0 Å². The van der Waals surface area contributed by atoms with E-state index in [2.05, 4.69) is 5.10 Å². The van der Waals surface area contributed by atoms with Gasteiger partial charge in [-0.1, -0.05) is 0 Å². The molecule has 0 aliphatic carbocycles. The minimum Gasteiger partial charge on any atom is -0.457 e. The quantitative estimate of drug-likeness (QED) is 0.264. The van der Waals surface area contributed by atoms with Crippen molar-refractivity contribution < 1.29 is 28.8 Å². The number of rotatable bonds is 7. The van der Waals surface area contributed by atoms with Gasteiger partial charge in [0.05, 0.1) is 11.1 Å². The maximum absolute atomic E-state index is 12.9. The fraction of sp³-hybridized carbons (Fsp3) is 0.300. The Morgan fingerprint density at radius 2 is 2.03 bits per heavy atom. The summed E-state index contributed by atoms with van der Waals surface area (Å²) in [6.45, 7) is 1.17. The lowest BCUT2D eigenvalue weighted by Gasteiger charge is -2.45. The van der Waals surface area contributed by atoms with Gasteiger partial charge in [-0.05, 0) is 17.7 Å². The van der Waals surface area contributed by atoms with Crippen LogP contribution in [0.2, 0.25) is 0 Å². The van der Waals surface area contributed by atoms with Gasteiger partial charge in [-0.3, -0.25) is 29.3 Å². The van der Waals surface area contributed by atoms with E-state index in [9.17, 15) is 24.5 Å². The lowest BCUT2D eigenvalue weighted by Crippen LogP contribution is -2.59. The topological polar surface area (TPSA) is 134 Å². The third kappa shape index (κ3) is 3.96. The molecule has 32 heavy (non-hydrogen) atoms. The highest BCUT2D eigenvalue weighted by Crippen LogP contribution is 2.50. The normalized spacial score (nSPS) is 20.1. The van der Waals surface area contributed by atoms with Crippen LogP contribution in [-0.2, 0) is 37.5 Å². The highest BCUT2D eigenvalue weighted by Gasteiger charge is 2.58. The second-order valence-electron chi connectivity index (χ2n) is 7.24. The Hall–Kier alpha value is -3.67. The van der Waals surface area contributed by atoms with E-state index >= 15 is 0 Å². The van der Waals surface area contributed by atoms with Crippen LogP contribution in [0.25, 0.3) is 0 Å². The van der Waals surface area contributed by atoms with E-state index in [1.165, 1.54) is 54.0 Å². The monoisotopic (exact) mass is 458 g/mol. The highest BCUT2D eigenvalue weighted by molar-refractivity contribution is 8.03. The Morgan fingerprint density at radius 3 is 2.62 bits per heavy atom. The molecule has 1 aromatic heterocycles. The summed E-state index contributed by atoms with van der Waals surface area (Å²) in [7, 11) is 1.72. The number of hydrogen-bond acceptors (Lipinski definition) is 9. The molecule has 3 atom stereocenters. The summed E-state index contributed by atoms with van der Waals surface area (Å²) in [5.74, 6) is -2.22. The van der Waals surface area contributed by atoms with Crippen molar-refractivity contribution in [3.63, 3.8) is 0 Å². The van der Waals surface area contributed by atoms with Gasteiger partial charge in [-0.15, -0.1) is 11.8 Å². The molecule has 2 aliphatic heterocycles. The zero-order chi connectivity index (χ0) is 23.0. The molecule has 1 fully saturated rings. The number of carbonyl (C=O) groups is 3. The molecule has 1 amide bonds. The summed E-state index contributed by atoms with van der Waals surface area (Å²) in [5, 5.41) is 15.9. The number of ether oxygens (including phenoxy) is 2. The van der Waals surface area contributed by atoms with Crippen molar-refractivity contribution in [2.24, 2.45) is 13.0 Å². The molecule has 12 heteroatoms. The Kier molecular flexibility index (Phi) is 5.70. The molecular weight excluding hydrogens is 440 g/mol. The third-order valence-corrected chi connectivity index (χ3v) is 6.20. The number of nitro groups is 1. The van der Waals surface area contributed by atoms with Gasteiger partial charge >= 0.3 is 11.9 Å². The van der Waals surface area contributed by atoms with Crippen LogP contribution < -0.4 is 0 Å². The van der Waals surface area contributed by atoms with Gasteiger partial charge in [-0.2, -0.15) is 5.10 Å². The van der Waals surface area contributed by atoms with Crippen LogP contribution in [0.5, 0.6) is 0 Å². The van der Waals surface area contributed by atoms with Crippen LogP contribution >= 0.6 is 11.8 Å². The number of amides is 1. The average Bonchev–Trinajstić information content (AvgIpc) is 3.35. The van der Waals surface area contributed by atoms with Gasteiger partial charge in [0.25, 0.3) is 5.69 Å². The largest absolute Gasteiger partial charge is 0.457 e. The van der Waals surface area contributed by atoms with Crippen molar-refractivity contribution in [3.8, 4) is 0 Å². The summed E-state index contributed by atoms with van der Waals surface area (Å²) in [6.07, 6.45) is 2.40. The summed E-state index contributed by atoms with van der Waals surface area (Å²) >= 11 is 1.27. The molecule has 3 unspecified atom stereocenters. The first-order valence-corrected chi connectivity index (χ1v) is 10.5. The number of nitrogens with zero attached hydrogens (tertiary/aromatic N) is 4. The van der Waals surface area contributed by atoms with Crippen molar-refractivity contribution in [1.29, 1.82) is 0 Å². The Morgan fingerprint density at radius 1 is 1.31 bits per heavy atom. The molecule has 0 saturated carbocycles. The van der Waals surface area contributed by atoms with E-state index < -0.39 is 34.3 Å². The molecule has 166 valence electrons. The van der Waals surface area contributed by atoms with E-state index in [1.54, 1.807) is 23.3 Å². The number of β-lactam (4-membered cyclic amide) rings is 1. The molecule has 0 bridgehead atoms. The number of hydrogen-bond donors (Lipinski definition) is 0. The number of non-ortho nitro benzene ring substituents is 1. The number of benzene rings is 1. The van der Waals surface area contributed by atoms with Gasteiger partial charge in [0.15, 0.2) is 0 Å². The second-order valence-corrected chi connectivity index (χ2v) is 8.23. The van der Waals surface area contributed by atoms with Gasteiger partial charge in [0.1, 0.15) is 29.7 Å². The maximum Gasteiger partial charge on any atom is 0.355 e. The number of carbonyl (C=O) groups excluding carboxylic acids is 3. The van der Waals surface area contributed by atoms with Crippen LogP contribution in [0.15, 0.2) is 47.8 Å². The number of aryl methyl sites for hydroxylation is 1. The lowest BCUT2D eigenvalue weighted by atomic mass is 9.88. The minimum absolute atomic E-state index is 0.0639. The Labute approximate surface area is 186 Å². The SMILES string of the molecule is CC(=O)OC(c1cnn(C)c1)C1C(=O)N2C(C(=O)OCc3ccc([N+](=O)[O-])cc3)=CSC12. The van der Waals surface area contributed by atoms with Crippen molar-refractivity contribution >= 4 is 35.3 Å². The molecule has 0 radical (unpaired) electrons. The first kappa shape index (κ1) is 21.6. The van der Waals surface area contributed by atoms with Gasteiger partial charge in [-0.25, -0.2) is 4.79 Å². The van der Waals surface area contributed by atoms with Gasteiger partial charge < -0.3 is 9.47 Å². The lowest BCUT2D eigenvalue weighted by molar-refractivity contribution is -0.384. The Bertz CT molecular complexity index is 1130. The standard InChI is InChI=1S/C20H18N4O7S/c1-11(25)31-17(13-7-21-22(2)8-13)16-18(26)23-15(10-32-19(16)23)20(27)30-9-12-3-5-14(6-4-12)24(28)29/h3-8,10,16-17,19H,9H2,1-2H3. The van der Waals surface area contributed by atoms with Crippen LogP contribution in [0, 0.1) is 16.0 Å². The molecule has 0 N–H and O–H groups in total. The third-order valence-electron chi connectivity index (χ3n) is 5.06. The number of thioether (sulfide) groups is 1. The Balaban J connectivity index is 1.41. The fourth-order valence-corrected chi connectivity index (χ4v) is 4.80. The summed E-state index contributed by atoms with van der Waals surface area (Å²) in [6, 6.07) is 5.63. The summed E-state index contributed by atoms with van der Waals surface area (Å²) in [4.78, 5) is 48.6. The van der Waals surface area contributed by atoms with E-state index in [4.69, 9.17) is 9.47 Å². The maximum atomic E-state index is 12.9. The number of nitro benzene ring substituents is 1. The average molecular weight is 458 g/mol. The van der Waals surface area contributed by atoms with Gasteiger partial charge in [0, 0.05) is 43.3 Å². The molecule has 1 aromatic carbocycles. The van der Waals surface area contributed by atoms with E-state index in [0.717, 1.165) is 0 Å². The molecular formula is C20H18N4O7S. The zero-order valence-electron chi connectivity index (χ0n) is 17.0. The van der Waals surface area contributed by atoms with Crippen LogP contribution in [0.3, 0.4) is 0 Å². The van der Waals surface area contributed by atoms with Crippen LogP contribution in [0.4, 0.5) is 5.69 Å². The van der Waals surface area contributed by atoms with Crippen LogP contribution in [0.1, 0.15) is 24.2 Å². The van der Waals surface area contributed by atoms with Crippen molar-refractivity contribution in [1.82, 2.24) is 14.7 Å². The fourth-order valence-electron chi connectivity index (χ4n) is 3.56. The number of esters is 2. The number of fused-ring (bicyclic) bond motifs is 1. The van der Waals surface area contributed by atoms with Crippen molar-refractivity contribution in [2.45, 2.75) is 25.0 Å². The summed E-state index contributed by atoms with van der Waals surface area (Å²) in [5.41, 5.74) is 1.21. The van der Waals surface area contributed by atoms with Crippen LogP contribution in [-0.4, -0.2) is 42.8 Å². The molecule has 4 rings (SSSR count). The molecule has 2 aromatic rings. The molecule has 1 saturated heterocycles. The molecule has 3 heterocycles. The molecule has 11 nitrogen and oxygen atoms in total. The zero-order valence-corrected chi connectivity index (χ0v) is 17.9. The first-order chi connectivity index (χ1) is 15.3. The van der Waals surface area contributed by atoms with E-state index in [-0.39, 0.29) is 23.9 Å². The van der Waals surface area contributed by atoms with Gasteiger partial charge in [0.2, 0.25) is 5.91 Å². The minimum atomic E-state index is -0.814. The highest BCUT2D eigenvalue weighted by atomic mass is 32.2. The second kappa shape index (κ2) is 8.46. The predicted molar refractivity (Wildman–Crippen MR) is 110 cm³/mol. The number of aromatic nitrogens is 2. The first-order valence-electron chi connectivity index (χ1n) is 9.51. The predicted octanol–water partition coefficient (Wildman–Crippen LogP) is 2.05. The molecule has 2 aliphatic rings.